The Bertz CT molecular complexity index is 1180. The molecule has 158 valence electrons. The molecule has 0 radical (unpaired) electrons. The molecule has 6 nitrogen and oxygen atoms in total. The van der Waals surface area contributed by atoms with Crippen LogP contribution in [0.4, 0.5) is 10.8 Å². The molecule has 31 heavy (non-hydrogen) atoms. The lowest BCUT2D eigenvalue weighted by Gasteiger charge is -2.15. The minimum absolute atomic E-state index is 0.0686. The Morgan fingerprint density at radius 2 is 1.97 bits per heavy atom. The number of rotatable bonds is 8. The van der Waals surface area contributed by atoms with Crippen LogP contribution in [0.15, 0.2) is 70.8 Å². The molecule has 0 saturated carbocycles. The second-order valence-corrected chi connectivity index (χ2v) is 9.56. The van der Waals surface area contributed by atoms with Crippen molar-refractivity contribution < 1.29 is 4.79 Å². The molecule has 0 aliphatic carbocycles. The predicted octanol–water partition coefficient (Wildman–Crippen LogP) is 5.18. The summed E-state index contributed by atoms with van der Waals surface area (Å²) in [5.74, 6) is 0.198. The number of hydrogen-bond acceptors (Lipinski definition) is 8. The number of nitrogens with one attached hydrogen (secondary N) is 1. The van der Waals surface area contributed by atoms with Crippen LogP contribution in [0.2, 0.25) is 0 Å². The van der Waals surface area contributed by atoms with Gasteiger partial charge in [-0.05, 0) is 30.0 Å². The zero-order valence-corrected chi connectivity index (χ0v) is 19.6. The van der Waals surface area contributed by atoms with E-state index in [1.807, 2.05) is 55.8 Å². The Labute approximate surface area is 193 Å². The van der Waals surface area contributed by atoms with Gasteiger partial charge in [0, 0.05) is 24.2 Å². The third-order valence-corrected chi connectivity index (χ3v) is 7.44. The van der Waals surface area contributed by atoms with Gasteiger partial charge in [0.05, 0.1) is 5.75 Å². The topological polar surface area (TPSA) is 71.0 Å². The van der Waals surface area contributed by atoms with Crippen LogP contribution in [0.3, 0.4) is 0 Å². The zero-order valence-electron chi connectivity index (χ0n) is 17.1. The molecule has 2 heterocycles. The molecule has 2 aromatic carbocycles. The highest BCUT2D eigenvalue weighted by Crippen LogP contribution is 2.33. The smallest absolute Gasteiger partial charge is 0.234 e. The molecular weight excluding hydrogens is 446 g/mol. The van der Waals surface area contributed by atoms with Gasteiger partial charge in [-0.3, -0.25) is 4.79 Å². The fourth-order valence-corrected chi connectivity index (χ4v) is 5.26. The molecule has 0 spiro atoms. The van der Waals surface area contributed by atoms with Gasteiger partial charge in [-0.15, -0.1) is 11.8 Å². The van der Waals surface area contributed by atoms with Crippen molar-refractivity contribution in [1.29, 1.82) is 0 Å². The highest BCUT2D eigenvalue weighted by atomic mass is 32.2. The summed E-state index contributed by atoms with van der Waals surface area (Å²) in [5, 5.41) is 4.60. The molecule has 0 aliphatic heterocycles. The van der Waals surface area contributed by atoms with E-state index in [9.17, 15) is 4.79 Å². The van der Waals surface area contributed by atoms with Crippen molar-refractivity contribution in [3.63, 3.8) is 0 Å². The Hall–Kier alpha value is -2.62. The van der Waals surface area contributed by atoms with Gasteiger partial charge in [0.2, 0.25) is 5.91 Å². The standard InChI is InChI=1S/C22H21N5OS3/c1-27(12-15-7-4-3-5-8-15)22-26-20-19(31-22)21(24-14-23-20)30-13-18(28)25-16-9-6-10-17(11-16)29-2/h3-11,14H,12-13H2,1-2H3,(H,25,28). The van der Waals surface area contributed by atoms with E-state index in [4.69, 9.17) is 0 Å². The number of fused-ring (bicyclic) bond motifs is 1. The van der Waals surface area contributed by atoms with Crippen molar-refractivity contribution in [3.8, 4) is 0 Å². The number of carbonyl (C=O) groups excluding carboxylic acids is 1. The lowest BCUT2D eigenvalue weighted by Crippen LogP contribution is -2.15. The van der Waals surface area contributed by atoms with Gasteiger partial charge >= 0.3 is 0 Å². The Balaban J connectivity index is 1.43. The van der Waals surface area contributed by atoms with Crippen LogP contribution in [0.25, 0.3) is 10.3 Å². The summed E-state index contributed by atoms with van der Waals surface area (Å²) in [6.07, 6.45) is 3.52. The number of benzene rings is 2. The van der Waals surface area contributed by atoms with Crippen molar-refractivity contribution >= 4 is 61.9 Å². The van der Waals surface area contributed by atoms with Crippen molar-refractivity contribution in [2.75, 3.05) is 29.3 Å². The summed E-state index contributed by atoms with van der Waals surface area (Å²) < 4.78 is 0.902. The van der Waals surface area contributed by atoms with Gasteiger partial charge in [-0.1, -0.05) is 59.5 Å². The average molecular weight is 468 g/mol. The Morgan fingerprint density at radius 1 is 1.13 bits per heavy atom. The quantitative estimate of drug-likeness (QED) is 0.283. The molecule has 0 unspecified atom stereocenters. The molecule has 2 aromatic heterocycles. The minimum atomic E-state index is -0.0686. The van der Waals surface area contributed by atoms with E-state index in [-0.39, 0.29) is 11.7 Å². The molecule has 9 heteroatoms. The van der Waals surface area contributed by atoms with Gasteiger partial charge in [-0.2, -0.15) is 4.98 Å². The second kappa shape index (κ2) is 10.1. The van der Waals surface area contributed by atoms with Crippen LogP contribution in [-0.2, 0) is 11.3 Å². The maximum Gasteiger partial charge on any atom is 0.234 e. The Morgan fingerprint density at radius 3 is 2.77 bits per heavy atom. The van der Waals surface area contributed by atoms with Gasteiger partial charge in [0.15, 0.2) is 10.8 Å². The number of nitrogens with zero attached hydrogens (tertiary/aromatic N) is 4. The summed E-state index contributed by atoms with van der Waals surface area (Å²) >= 11 is 4.59. The van der Waals surface area contributed by atoms with Crippen LogP contribution >= 0.6 is 34.9 Å². The summed E-state index contributed by atoms with van der Waals surface area (Å²) in [7, 11) is 2.01. The average Bonchev–Trinajstić information content (AvgIpc) is 3.24. The minimum Gasteiger partial charge on any atom is -0.347 e. The zero-order chi connectivity index (χ0) is 21.6. The number of anilines is 2. The van der Waals surface area contributed by atoms with E-state index in [0.29, 0.717) is 5.65 Å². The van der Waals surface area contributed by atoms with Gasteiger partial charge in [0.25, 0.3) is 0 Å². The van der Waals surface area contributed by atoms with E-state index >= 15 is 0 Å². The molecule has 0 atom stereocenters. The molecular formula is C22H21N5OS3. The molecule has 0 fully saturated rings. The lowest BCUT2D eigenvalue weighted by atomic mass is 10.2. The largest absolute Gasteiger partial charge is 0.347 e. The van der Waals surface area contributed by atoms with E-state index < -0.39 is 0 Å². The number of thiazole rings is 1. The van der Waals surface area contributed by atoms with Crippen molar-refractivity contribution in [3.05, 3.63) is 66.5 Å². The molecule has 4 rings (SSSR count). The lowest BCUT2D eigenvalue weighted by molar-refractivity contribution is -0.113. The first-order valence-electron chi connectivity index (χ1n) is 9.55. The summed E-state index contributed by atoms with van der Waals surface area (Å²) in [4.78, 5) is 29.0. The normalized spacial score (nSPS) is 10.9. The number of hydrogen-bond donors (Lipinski definition) is 1. The maximum atomic E-state index is 12.4. The van der Waals surface area contributed by atoms with Crippen LogP contribution < -0.4 is 10.2 Å². The van der Waals surface area contributed by atoms with Gasteiger partial charge < -0.3 is 10.2 Å². The van der Waals surface area contributed by atoms with Crippen LogP contribution in [0.5, 0.6) is 0 Å². The third-order valence-electron chi connectivity index (χ3n) is 4.43. The molecule has 1 N–H and O–H groups in total. The summed E-state index contributed by atoms with van der Waals surface area (Å²) in [5.41, 5.74) is 2.67. The van der Waals surface area contributed by atoms with Crippen LogP contribution in [0, 0.1) is 0 Å². The Kier molecular flexibility index (Phi) is 7.06. The first-order valence-corrected chi connectivity index (χ1v) is 12.6. The van der Waals surface area contributed by atoms with Gasteiger partial charge in [0.1, 0.15) is 16.1 Å². The monoisotopic (exact) mass is 467 g/mol. The highest BCUT2D eigenvalue weighted by Gasteiger charge is 2.15. The van der Waals surface area contributed by atoms with Crippen molar-refractivity contribution in [2.24, 2.45) is 0 Å². The second-order valence-electron chi connectivity index (χ2n) is 6.74. The van der Waals surface area contributed by atoms with Crippen molar-refractivity contribution in [2.45, 2.75) is 16.5 Å². The first-order chi connectivity index (χ1) is 15.1. The summed E-state index contributed by atoms with van der Waals surface area (Å²) in [6.45, 7) is 0.758. The number of carbonyl (C=O) groups is 1. The molecule has 1 amide bonds. The fraction of sp³-hybridized carbons (Fsp3) is 0.182. The number of amides is 1. The van der Waals surface area contributed by atoms with Gasteiger partial charge in [-0.25, -0.2) is 9.97 Å². The highest BCUT2D eigenvalue weighted by molar-refractivity contribution is 8.00. The van der Waals surface area contributed by atoms with E-state index in [1.165, 1.54) is 23.7 Å². The molecule has 4 aromatic rings. The molecule has 0 saturated heterocycles. The third kappa shape index (κ3) is 5.55. The van der Waals surface area contributed by atoms with E-state index in [1.54, 1.807) is 23.1 Å². The summed E-state index contributed by atoms with van der Waals surface area (Å²) in [6, 6.07) is 18.1. The van der Waals surface area contributed by atoms with E-state index in [0.717, 1.165) is 32.0 Å². The van der Waals surface area contributed by atoms with Crippen molar-refractivity contribution in [1.82, 2.24) is 15.0 Å². The molecule has 0 aliphatic rings. The SMILES string of the molecule is CSc1cccc(NC(=O)CSc2ncnc3nc(N(C)Cc4ccccc4)sc23)c1. The van der Waals surface area contributed by atoms with Crippen LogP contribution in [0.1, 0.15) is 5.56 Å². The first kappa shape index (κ1) is 21.6. The molecule has 0 bridgehead atoms. The number of aromatic nitrogens is 3. The van der Waals surface area contributed by atoms with Crippen LogP contribution in [-0.4, -0.2) is 39.9 Å². The maximum absolute atomic E-state index is 12.4. The predicted molar refractivity (Wildman–Crippen MR) is 131 cm³/mol. The van der Waals surface area contributed by atoms with E-state index in [2.05, 4.69) is 37.3 Å². The number of thioether (sulfide) groups is 2. The fourth-order valence-electron chi connectivity index (χ4n) is 2.95.